The smallest absolute Gasteiger partial charge is 0.253 e. The quantitative estimate of drug-likeness (QED) is 0.777. The van der Waals surface area contributed by atoms with E-state index in [4.69, 9.17) is 0 Å². The van der Waals surface area contributed by atoms with E-state index in [0.29, 0.717) is 0 Å². The van der Waals surface area contributed by atoms with Gasteiger partial charge in [0.25, 0.3) is 5.91 Å². The van der Waals surface area contributed by atoms with Crippen LogP contribution in [-0.4, -0.2) is 58.2 Å². The van der Waals surface area contributed by atoms with E-state index in [2.05, 4.69) is 29.6 Å². The van der Waals surface area contributed by atoms with Crippen LogP contribution in [0.4, 0.5) is 0 Å². The normalized spacial score (nSPS) is 15.7. The predicted molar refractivity (Wildman–Crippen MR) is 104 cm³/mol. The van der Waals surface area contributed by atoms with Crippen LogP contribution >= 0.6 is 0 Å². The number of hydrogen-bond acceptors (Lipinski definition) is 3. The molecule has 0 spiro atoms. The molecule has 1 aliphatic rings. The van der Waals surface area contributed by atoms with Gasteiger partial charge in [0.2, 0.25) is 0 Å². The van der Waals surface area contributed by atoms with Crippen LogP contribution in [-0.2, 0) is 6.54 Å². The highest BCUT2D eigenvalue weighted by molar-refractivity contribution is 5.94. The zero-order valence-electron chi connectivity index (χ0n) is 15.8. The number of amides is 1. The number of aromatic nitrogens is 2. The number of carbonyl (C=O) groups excluding carboxylic acids is 1. The van der Waals surface area contributed by atoms with Gasteiger partial charge < -0.3 is 4.90 Å². The predicted octanol–water partition coefficient (Wildman–Crippen LogP) is 2.88. The van der Waals surface area contributed by atoms with E-state index in [-0.39, 0.29) is 5.91 Å². The first-order chi connectivity index (χ1) is 12.6. The summed E-state index contributed by atoms with van der Waals surface area (Å²) in [6.07, 6.45) is 2.94. The van der Waals surface area contributed by atoms with Crippen molar-refractivity contribution in [3.05, 3.63) is 65.5 Å². The molecule has 0 aliphatic carbocycles. The maximum atomic E-state index is 12.8. The second kappa shape index (κ2) is 8.32. The molecular weight excluding hydrogens is 324 g/mol. The summed E-state index contributed by atoms with van der Waals surface area (Å²) in [6.45, 7) is 13.0. The summed E-state index contributed by atoms with van der Waals surface area (Å²) in [5.41, 5.74) is 4.09. The SMILES string of the molecule is C=CCN1CCCN(C(=O)c2ccc(Cn3nc(C)cc3C)cc2)CC1. The van der Waals surface area contributed by atoms with E-state index in [1.165, 1.54) is 0 Å². The third-order valence-corrected chi connectivity index (χ3v) is 4.90. The van der Waals surface area contributed by atoms with E-state index >= 15 is 0 Å². The number of aryl methyl sites for hydroxylation is 2. The van der Waals surface area contributed by atoms with E-state index < -0.39 is 0 Å². The summed E-state index contributed by atoms with van der Waals surface area (Å²) in [5.74, 6) is 0.128. The summed E-state index contributed by atoms with van der Waals surface area (Å²) in [5, 5.41) is 4.50. The molecule has 1 aliphatic heterocycles. The van der Waals surface area contributed by atoms with Gasteiger partial charge in [-0.05, 0) is 44.0 Å². The molecule has 26 heavy (non-hydrogen) atoms. The fourth-order valence-electron chi connectivity index (χ4n) is 3.48. The molecule has 0 N–H and O–H groups in total. The molecule has 1 saturated heterocycles. The number of hydrogen-bond donors (Lipinski definition) is 0. The second-order valence-corrected chi connectivity index (χ2v) is 7.02. The molecule has 5 nitrogen and oxygen atoms in total. The third kappa shape index (κ3) is 4.41. The Labute approximate surface area is 155 Å². The molecule has 5 heteroatoms. The molecule has 138 valence electrons. The first-order valence-electron chi connectivity index (χ1n) is 9.29. The monoisotopic (exact) mass is 352 g/mol. The van der Waals surface area contributed by atoms with Gasteiger partial charge in [0, 0.05) is 44.0 Å². The van der Waals surface area contributed by atoms with Crippen molar-refractivity contribution in [2.24, 2.45) is 0 Å². The standard InChI is InChI=1S/C21H28N4O/c1-4-10-23-11-5-12-24(14-13-23)21(26)20-8-6-19(7-9-20)16-25-18(3)15-17(2)22-25/h4,6-9,15H,1,5,10-14,16H2,2-3H3. The first kappa shape index (κ1) is 18.4. The lowest BCUT2D eigenvalue weighted by Crippen LogP contribution is -2.35. The summed E-state index contributed by atoms with van der Waals surface area (Å²) in [6, 6.07) is 10.0. The molecule has 3 rings (SSSR count). The Morgan fingerprint density at radius 1 is 1.15 bits per heavy atom. The molecule has 2 aromatic rings. The van der Waals surface area contributed by atoms with Gasteiger partial charge in [-0.15, -0.1) is 6.58 Å². The molecule has 1 aromatic heterocycles. The highest BCUT2D eigenvalue weighted by atomic mass is 16.2. The van der Waals surface area contributed by atoms with Crippen molar-refractivity contribution < 1.29 is 4.79 Å². The molecule has 1 aromatic carbocycles. The van der Waals surface area contributed by atoms with Gasteiger partial charge in [-0.1, -0.05) is 18.2 Å². The Morgan fingerprint density at radius 2 is 1.92 bits per heavy atom. The summed E-state index contributed by atoms with van der Waals surface area (Å²) in [4.78, 5) is 17.1. The van der Waals surface area contributed by atoms with Gasteiger partial charge >= 0.3 is 0 Å². The first-order valence-corrected chi connectivity index (χ1v) is 9.29. The minimum atomic E-state index is 0.128. The number of carbonyl (C=O) groups is 1. The molecular formula is C21H28N4O. The van der Waals surface area contributed by atoms with Crippen molar-refractivity contribution in [1.82, 2.24) is 19.6 Å². The maximum absolute atomic E-state index is 12.8. The highest BCUT2D eigenvalue weighted by Gasteiger charge is 2.19. The Balaban J connectivity index is 1.63. The van der Waals surface area contributed by atoms with E-state index in [9.17, 15) is 4.79 Å². The second-order valence-electron chi connectivity index (χ2n) is 7.02. The van der Waals surface area contributed by atoms with Crippen LogP contribution in [0.2, 0.25) is 0 Å². The maximum Gasteiger partial charge on any atom is 0.253 e. The van der Waals surface area contributed by atoms with E-state index in [0.717, 1.165) is 68.2 Å². The Hall–Kier alpha value is -2.40. The molecule has 2 heterocycles. The van der Waals surface area contributed by atoms with Crippen molar-refractivity contribution in [1.29, 1.82) is 0 Å². The molecule has 0 radical (unpaired) electrons. The van der Waals surface area contributed by atoms with Crippen molar-refractivity contribution in [3.8, 4) is 0 Å². The van der Waals surface area contributed by atoms with Crippen molar-refractivity contribution >= 4 is 5.91 Å². The van der Waals surface area contributed by atoms with Gasteiger partial charge in [0.1, 0.15) is 0 Å². The van der Waals surface area contributed by atoms with Crippen molar-refractivity contribution in [2.75, 3.05) is 32.7 Å². The zero-order chi connectivity index (χ0) is 18.5. The van der Waals surface area contributed by atoms with Crippen LogP contribution in [0.5, 0.6) is 0 Å². The minimum absolute atomic E-state index is 0.128. The van der Waals surface area contributed by atoms with Gasteiger partial charge in [0.15, 0.2) is 0 Å². The number of rotatable bonds is 5. The Kier molecular flexibility index (Phi) is 5.89. The third-order valence-electron chi connectivity index (χ3n) is 4.90. The van der Waals surface area contributed by atoms with Crippen LogP contribution < -0.4 is 0 Å². The van der Waals surface area contributed by atoms with Crippen LogP contribution in [0.15, 0.2) is 43.0 Å². The van der Waals surface area contributed by atoms with Gasteiger partial charge in [-0.2, -0.15) is 5.10 Å². The lowest BCUT2D eigenvalue weighted by atomic mass is 10.1. The fraction of sp³-hybridized carbons (Fsp3) is 0.429. The van der Waals surface area contributed by atoms with Gasteiger partial charge in [0.05, 0.1) is 12.2 Å². The largest absolute Gasteiger partial charge is 0.337 e. The molecule has 0 unspecified atom stereocenters. The number of nitrogens with zero attached hydrogens (tertiary/aromatic N) is 4. The summed E-state index contributed by atoms with van der Waals surface area (Å²) in [7, 11) is 0. The Morgan fingerprint density at radius 3 is 2.58 bits per heavy atom. The molecule has 1 fully saturated rings. The summed E-state index contributed by atoms with van der Waals surface area (Å²) >= 11 is 0. The minimum Gasteiger partial charge on any atom is -0.337 e. The van der Waals surface area contributed by atoms with Crippen LogP contribution in [0.3, 0.4) is 0 Å². The molecule has 0 atom stereocenters. The molecule has 0 bridgehead atoms. The topological polar surface area (TPSA) is 41.4 Å². The van der Waals surface area contributed by atoms with Gasteiger partial charge in [-0.3, -0.25) is 14.4 Å². The lowest BCUT2D eigenvalue weighted by Gasteiger charge is -2.21. The average Bonchev–Trinajstić information content (AvgIpc) is 2.82. The highest BCUT2D eigenvalue weighted by Crippen LogP contribution is 2.13. The number of benzene rings is 1. The fourth-order valence-corrected chi connectivity index (χ4v) is 3.48. The van der Waals surface area contributed by atoms with Gasteiger partial charge in [-0.25, -0.2) is 0 Å². The van der Waals surface area contributed by atoms with E-state index in [1.807, 2.05) is 46.8 Å². The average molecular weight is 352 g/mol. The lowest BCUT2D eigenvalue weighted by molar-refractivity contribution is 0.0762. The molecule has 1 amide bonds. The van der Waals surface area contributed by atoms with Crippen LogP contribution in [0.25, 0.3) is 0 Å². The van der Waals surface area contributed by atoms with Crippen molar-refractivity contribution in [2.45, 2.75) is 26.8 Å². The Bertz CT molecular complexity index is 763. The summed E-state index contributed by atoms with van der Waals surface area (Å²) < 4.78 is 2.00. The van der Waals surface area contributed by atoms with E-state index in [1.54, 1.807) is 0 Å². The van der Waals surface area contributed by atoms with Crippen LogP contribution in [0, 0.1) is 13.8 Å². The van der Waals surface area contributed by atoms with Crippen LogP contribution in [0.1, 0.15) is 33.7 Å². The zero-order valence-corrected chi connectivity index (χ0v) is 15.8. The molecule has 0 saturated carbocycles. The van der Waals surface area contributed by atoms with Crippen molar-refractivity contribution in [3.63, 3.8) is 0 Å².